The molecule has 2 aromatic heterocycles. The van der Waals surface area contributed by atoms with E-state index in [4.69, 9.17) is 9.15 Å². The van der Waals surface area contributed by atoms with Crippen LogP contribution in [0, 0.1) is 0 Å². The van der Waals surface area contributed by atoms with E-state index >= 15 is 0 Å². The number of amides is 1. The molecule has 0 aliphatic heterocycles. The van der Waals surface area contributed by atoms with Crippen molar-refractivity contribution in [2.24, 2.45) is 0 Å². The van der Waals surface area contributed by atoms with Gasteiger partial charge in [-0.05, 0) is 48.0 Å². The maximum absolute atomic E-state index is 12.7. The smallest absolute Gasteiger partial charge is 0.255 e. The van der Waals surface area contributed by atoms with E-state index in [0.29, 0.717) is 29.0 Å². The van der Waals surface area contributed by atoms with E-state index in [0.717, 1.165) is 12.8 Å². The van der Waals surface area contributed by atoms with E-state index in [1.165, 1.54) is 6.07 Å². The SMILES string of the molecule is CCCCOc1ccc(C(=O)Nc2cccc3c(=O)cc(-c4nn[nH]n4)oc23)cc1. The Bertz CT molecular complexity index is 1220. The lowest BCUT2D eigenvalue weighted by atomic mass is 10.1. The van der Waals surface area contributed by atoms with Crippen LogP contribution in [0.4, 0.5) is 5.69 Å². The number of benzene rings is 2. The first-order valence-electron chi connectivity index (χ1n) is 9.50. The summed E-state index contributed by atoms with van der Waals surface area (Å²) in [6.45, 7) is 2.73. The van der Waals surface area contributed by atoms with Gasteiger partial charge in [0.1, 0.15) is 5.75 Å². The monoisotopic (exact) mass is 405 g/mol. The minimum Gasteiger partial charge on any atom is -0.494 e. The van der Waals surface area contributed by atoms with Crippen molar-refractivity contribution < 1.29 is 13.9 Å². The molecule has 0 aliphatic rings. The average Bonchev–Trinajstić information content (AvgIpc) is 3.30. The molecule has 0 saturated carbocycles. The van der Waals surface area contributed by atoms with E-state index in [1.54, 1.807) is 42.5 Å². The molecule has 9 heteroatoms. The Morgan fingerprint density at radius 3 is 2.77 bits per heavy atom. The number of carbonyl (C=O) groups is 1. The van der Waals surface area contributed by atoms with Gasteiger partial charge in [-0.1, -0.05) is 19.4 Å². The zero-order valence-electron chi connectivity index (χ0n) is 16.2. The lowest BCUT2D eigenvalue weighted by Gasteiger charge is -2.09. The van der Waals surface area contributed by atoms with Crippen molar-refractivity contribution in [3.05, 3.63) is 64.3 Å². The van der Waals surface area contributed by atoms with Crippen LogP contribution in [0.15, 0.2) is 57.7 Å². The van der Waals surface area contributed by atoms with Crippen molar-refractivity contribution in [3.8, 4) is 17.3 Å². The molecule has 4 rings (SSSR count). The number of para-hydroxylation sites is 1. The number of ether oxygens (including phenoxy) is 1. The van der Waals surface area contributed by atoms with Crippen LogP contribution in [0.3, 0.4) is 0 Å². The lowest BCUT2D eigenvalue weighted by molar-refractivity contribution is 0.102. The molecule has 0 unspecified atom stereocenters. The van der Waals surface area contributed by atoms with Crippen molar-refractivity contribution >= 4 is 22.6 Å². The number of hydrogen-bond donors (Lipinski definition) is 2. The highest BCUT2D eigenvalue weighted by Gasteiger charge is 2.15. The molecule has 152 valence electrons. The third-order valence-corrected chi connectivity index (χ3v) is 4.45. The molecule has 0 radical (unpaired) electrons. The minimum absolute atomic E-state index is 0.147. The summed E-state index contributed by atoms with van der Waals surface area (Å²) in [7, 11) is 0. The van der Waals surface area contributed by atoms with Gasteiger partial charge in [-0.15, -0.1) is 10.2 Å². The number of tetrazole rings is 1. The summed E-state index contributed by atoms with van der Waals surface area (Å²) in [5.41, 5.74) is 0.771. The third-order valence-electron chi connectivity index (χ3n) is 4.45. The van der Waals surface area contributed by atoms with E-state index in [2.05, 4.69) is 32.9 Å². The predicted molar refractivity (Wildman–Crippen MR) is 110 cm³/mol. The van der Waals surface area contributed by atoms with Crippen LogP contribution < -0.4 is 15.5 Å². The highest BCUT2D eigenvalue weighted by molar-refractivity contribution is 6.08. The summed E-state index contributed by atoms with van der Waals surface area (Å²) < 4.78 is 11.4. The quantitative estimate of drug-likeness (QED) is 0.452. The number of carbonyl (C=O) groups excluding carboxylic acids is 1. The predicted octanol–water partition coefficient (Wildman–Crippen LogP) is 3.40. The maximum Gasteiger partial charge on any atom is 0.255 e. The number of rotatable bonds is 7. The highest BCUT2D eigenvalue weighted by atomic mass is 16.5. The van der Waals surface area contributed by atoms with Crippen LogP contribution in [-0.2, 0) is 0 Å². The number of aromatic nitrogens is 4. The third kappa shape index (κ3) is 4.04. The van der Waals surface area contributed by atoms with Gasteiger partial charge in [0.05, 0.1) is 17.7 Å². The number of aromatic amines is 1. The molecule has 0 saturated heterocycles. The molecule has 0 aliphatic carbocycles. The molecule has 0 fully saturated rings. The Labute approximate surface area is 171 Å². The largest absolute Gasteiger partial charge is 0.494 e. The Kier molecular flexibility index (Phi) is 5.51. The normalized spacial score (nSPS) is 10.8. The summed E-state index contributed by atoms with van der Waals surface area (Å²) in [6.07, 6.45) is 2.02. The molecule has 1 amide bonds. The van der Waals surface area contributed by atoms with Crippen molar-refractivity contribution in [2.75, 3.05) is 11.9 Å². The Morgan fingerprint density at radius 1 is 1.20 bits per heavy atom. The molecule has 2 N–H and O–H groups in total. The van der Waals surface area contributed by atoms with Gasteiger partial charge >= 0.3 is 0 Å². The molecule has 0 atom stereocenters. The summed E-state index contributed by atoms with van der Waals surface area (Å²) >= 11 is 0. The van der Waals surface area contributed by atoms with Crippen molar-refractivity contribution in [1.29, 1.82) is 0 Å². The number of anilines is 1. The average molecular weight is 405 g/mol. The van der Waals surface area contributed by atoms with Gasteiger partial charge in [0.25, 0.3) is 5.91 Å². The second-order valence-electron chi connectivity index (χ2n) is 6.57. The van der Waals surface area contributed by atoms with Crippen LogP contribution in [0.25, 0.3) is 22.6 Å². The fourth-order valence-electron chi connectivity index (χ4n) is 2.88. The minimum atomic E-state index is -0.338. The van der Waals surface area contributed by atoms with Gasteiger partial charge in [-0.2, -0.15) is 5.21 Å². The standard InChI is InChI=1S/C21H19N5O4/c1-2-3-11-29-14-9-7-13(8-10-14)21(28)22-16-6-4-5-15-17(27)12-18(30-19(15)16)20-23-25-26-24-20/h4-10,12H,2-3,11H2,1H3,(H,22,28)(H,23,24,25,26). The molecular formula is C21H19N5O4. The molecule has 30 heavy (non-hydrogen) atoms. The van der Waals surface area contributed by atoms with Crippen LogP contribution in [0.5, 0.6) is 5.75 Å². The van der Waals surface area contributed by atoms with Crippen molar-refractivity contribution in [1.82, 2.24) is 20.6 Å². The van der Waals surface area contributed by atoms with Crippen LogP contribution >= 0.6 is 0 Å². The zero-order valence-corrected chi connectivity index (χ0v) is 16.2. The number of H-pyrrole nitrogens is 1. The Balaban J connectivity index is 1.60. The van der Waals surface area contributed by atoms with Gasteiger partial charge < -0.3 is 14.5 Å². The Hall–Kier alpha value is -4.01. The van der Waals surface area contributed by atoms with Gasteiger partial charge in [0.2, 0.25) is 5.82 Å². The van der Waals surface area contributed by atoms with E-state index in [1.807, 2.05) is 0 Å². The first kappa shape index (κ1) is 19.3. The molecule has 2 aromatic carbocycles. The maximum atomic E-state index is 12.7. The molecule has 0 spiro atoms. The number of hydrogen-bond acceptors (Lipinski definition) is 7. The number of unbranched alkanes of at least 4 members (excludes halogenated alkanes) is 1. The molecule has 0 bridgehead atoms. The van der Waals surface area contributed by atoms with Crippen LogP contribution in [0.2, 0.25) is 0 Å². The number of nitrogens with one attached hydrogen (secondary N) is 2. The zero-order chi connectivity index (χ0) is 20.9. The van der Waals surface area contributed by atoms with Crippen molar-refractivity contribution in [3.63, 3.8) is 0 Å². The number of nitrogens with zero attached hydrogens (tertiary/aromatic N) is 3. The van der Waals surface area contributed by atoms with E-state index in [9.17, 15) is 9.59 Å². The van der Waals surface area contributed by atoms with E-state index in [-0.39, 0.29) is 28.5 Å². The second-order valence-corrected chi connectivity index (χ2v) is 6.57. The first-order valence-corrected chi connectivity index (χ1v) is 9.50. The van der Waals surface area contributed by atoms with Crippen molar-refractivity contribution in [2.45, 2.75) is 19.8 Å². The topological polar surface area (TPSA) is 123 Å². The fourth-order valence-corrected chi connectivity index (χ4v) is 2.88. The molecule has 2 heterocycles. The summed E-state index contributed by atoms with van der Waals surface area (Å²) in [5, 5.41) is 16.6. The Morgan fingerprint density at radius 2 is 2.03 bits per heavy atom. The first-order chi connectivity index (χ1) is 14.7. The van der Waals surface area contributed by atoms with Crippen LogP contribution in [0.1, 0.15) is 30.1 Å². The number of fused-ring (bicyclic) bond motifs is 1. The molecule has 4 aromatic rings. The summed E-state index contributed by atoms with van der Waals surface area (Å²) in [6, 6.07) is 13.1. The van der Waals surface area contributed by atoms with Gasteiger partial charge in [0, 0.05) is 11.6 Å². The molecule has 9 nitrogen and oxygen atoms in total. The van der Waals surface area contributed by atoms with Gasteiger partial charge in [0.15, 0.2) is 16.8 Å². The lowest BCUT2D eigenvalue weighted by Crippen LogP contribution is -2.13. The second kappa shape index (κ2) is 8.56. The summed E-state index contributed by atoms with van der Waals surface area (Å²) in [4.78, 5) is 25.2. The fraction of sp³-hybridized carbons (Fsp3) is 0.190. The highest BCUT2D eigenvalue weighted by Crippen LogP contribution is 2.26. The van der Waals surface area contributed by atoms with Gasteiger partial charge in [-0.25, -0.2) is 0 Å². The van der Waals surface area contributed by atoms with E-state index < -0.39 is 0 Å². The van der Waals surface area contributed by atoms with Gasteiger partial charge in [-0.3, -0.25) is 9.59 Å². The molecular weight excluding hydrogens is 386 g/mol. The van der Waals surface area contributed by atoms with Crippen LogP contribution in [-0.4, -0.2) is 33.1 Å². The summed E-state index contributed by atoms with van der Waals surface area (Å²) in [5.74, 6) is 0.668.